The molecule has 0 saturated heterocycles. The summed E-state index contributed by atoms with van der Waals surface area (Å²) < 4.78 is 0. The molecule has 0 aliphatic heterocycles. The predicted molar refractivity (Wildman–Crippen MR) is 114 cm³/mol. The van der Waals surface area contributed by atoms with Gasteiger partial charge in [0.05, 0.1) is 6.21 Å². The van der Waals surface area contributed by atoms with Crippen LogP contribution in [0.25, 0.3) is 10.9 Å². The van der Waals surface area contributed by atoms with E-state index < -0.39 is 0 Å². The summed E-state index contributed by atoms with van der Waals surface area (Å²) in [6, 6.07) is 15.4. The van der Waals surface area contributed by atoms with E-state index in [0.717, 1.165) is 23.9 Å². The molecule has 27 heavy (non-hydrogen) atoms. The van der Waals surface area contributed by atoms with Gasteiger partial charge in [-0.1, -0.05) is 48.0 Å². The Bertz CT molecular complexity index is 983. The Labute approximate surface area is 167 Å². The number of aromatic amines is 1. The molecule has 1 aromatic heterocycles. The third kappa shape index (κ3) is 5.39. The highest BCUT2D eigenvalue weighted by Gasteiger charge is 2.07. The van der Waals surface area contributed by atoms with Crippen LogP contribution in [-0.4, -0.2) is 22.2 Å². The van der Waals surface area contributed by atoms with Crippen molar-refractivity contribution >= 4 is 52.0 Å². The number of hydrazone groups is 1. The molecule has 0 radical (unpaired) electrons. The van der Waals surface area contributed by atoms with Crippen molar-refractivity contribution in [1.82, 2.24) is 15.7 Å². The fourth-order valence-corrected chi connectivity index (χ4v) is 3.09. The SMILES string of the molecule is O=C(CCCc1c[nH]c2ccccc12)NC(=S)N/N=C/c1ccccc1Cl. The number of amides is 1. The minimum absolute atomic E-state index is 0.139. The molecule has 0 atom stereocenters. The molecule has 0 aliphatic rings. The highest BCUT2D eigenvalue weighted by atomic mass is 35.5. The van der Waals surface area contributed by atoms with Crippen LogP contribution < -0.4 is 10.7 Å². The smallest absolute Gasteiger partial charge is 0.226 e. The predicted octanol–water partition coefficient (Wildman–Crippen LogP) is 4.17. The van der Waals surface area contributed by atoms with E-state index >= 15 is 0 Å². The molecular weight excluding hydrogens is 380 g/mol. The number of benzene rings is 2. The number of carbonyl (C=O) groups excluding carboxylic acids is 1. The van der Waals surface area contributed by atoms with E-state index in [4.69, 9.17) is 23.8 Å². The van der Waals surface area contributed by atoms with Crippen molar-refractivity contribution in [3.05, 3.63) is 70.9 Å². The van der Waals surface area contributed by atoms with Gasteiger partial charge in [-0.15, -0.1) is 0 Å². The van der Waals surface area contributed by atoms with Gasteiger partial charge in [0, 0.05) is 34.1 Å². The molecule has 0 saturated carbocycles. The normalized spacial score (nSPS) is 11.0. The van der Waals surface area contributed by atoms with E-state index in [-0.39, 0.29) is 11.0 Å². The van der Waals surface area contributed by atoms with Gasteiger partial charge in [0.25, 0.3) is 0 Å². The molecule has 0 unspecified atom stereocenters. The van der Waals surface area contributed by atoms with Gasteiger partial charge in [-0.05, 0) is 42.8 Å². The lowest BCUT2D eigenvalue weighted by molar-refractivity contribution is -0.119. The average molecular weight is 399 g/mol. The first-order chi connectivity index (χ1) is 13.1. The second-order valence-electron chi connectivity index (χ2n) is 5.98. The van der Waals surface area contributed by atoms with Crippen LogP contribution in [0.5, 0.6) is 0 Å². The molecule has 1 amide bonds. The number of H-pyrrole nitrogens is 1. The van der Waals surface area contributed by atoms with E-state index in [1.165, 1.54) is 10.9 Å². The zero-order valence-electron chi connectivity index (χ0n) is 14.5. The molecule has 0 bridgehead atoms. The third-order valence-corrected chi connectivity index (χ3v) is 4.59. The number of hydrogen-bond acceptors (Lipinski definition) is 3. The summed E-state index contributed by atoms with van der Waals surface area (Å²) in [5.41, 5.74) is 5.71. The highest BCUT2D eigenvalue weighted by Crippen LogP contribution is 2.19. The quantitative estimate of drug-likeness (QED) is 0.331. The van der Waals surface area contributed by atoms with E-state index in [9.17, 15) is 4.79 Å². The lowest BCUT2D eigenvalue weighted by Crippen LogP contribution is -2.36. The molecule has 5 nitrogen and oxygen atoms in total. The van der Waals surface area contributed by atoms with Gasteiger partial charge in [0.15, 0.2) is 5.11 Å². The summed E-state index contributed by atoms with van der Waals surface area (Å²) in [4.78, 5) is 15.3. The number of carbonyl (C=O) groups is 1. The molecular formula is C20H19ClN4OS. The maximum atomic E-state index is 12.0. The van der Waals surface area contributed by atoms with Crippen molar-refractivity contribution in [1.29, 1.82) is 0 Å². The summed E-state index contributed by atoms with van der Waals surface area (Å²) in [5.74, 6) is -0.139. The summed E-state index contributed by atoms with van der Waals surface area (Å²) in [7, 11) is 0. The number of rotatable bonds is 6. The van der Waals surface area contributed by atoms with Crippen molar-refractivity contribution in [3.63, 3.8) is 0 Å². The van der Waals surface area contributed by atoms with Crippen LogP contribution in [0.2, 0.25) is 5.02 Å². The van der Waals surface area contributed by atoms with E-state index in [1.807, 2.05) is 42.6 Å². The van der Waals surface area contributed by atoms with Crippen LogP contribution in [0.15, 0.2) is 59.8 Å². The number of nitrogens with one attached hydrogen (secondary N) is 3. The van der Waals surface area contributed by atoms with Crippen LogP contribution in [0.3, 0.4) is 0 Å². The lowest BCUT2D eigenvalue weighted by atomic mass is 10.1. The third-order valence-electron chi connectivity index (χ3n) is 4.05. The van der Waals surface area contributed by atoms with Gasteiger partial charge in [-0.3, -0.25) is 10.2 Å². The van der Waals surface area contributed by atoms with Crippen LogP contribution in [-0.2, 0) is 11.2 Å². The number of thiocarbonyl (C=S) groups is 1. The Morgan fingerprint density at radius 3 is 2.81 bits per heavy atom. The number of hydrogen-bond donors (Lipinski definition) is 3. The molecule has 138 valence electrons. The fraction of sp³-hybridized carbons (Fsp3) is 0.150. The number of nitrogens with zero attached hydrogens (tertiary/aromatic N) is 1. The topological polar surface area (TPSA) is 69.3 Å². The molecule has 0 spiro atoms. The van der Waals surface area contributed by atoms with Crippen LogP contribution in [0.4, 0.5) is 0 Å². The maximum Gasteiger partial charge on any atom is 0.226 e. The largest absolute Gasteiger partial charge is 0.361 e. The van der Waals surface area contributed by atoms with Crippen molar-refractivity contribution in [2.75, 3.05) is 0 Å². The van der Waals surface area contributed by atoms with E-state index in [0.29, 0.717) is 11.4 Å². The summed E-state index contributed by atoms with van der Waals surface area (Å²) >= 11 is 11.1. The standard InChI is InChI=1S/C20H19ClN4OS/c21-17-9-3-1-6-15(17)13-23-25-20(27)24-19(26)11-5-7-14-12-22-18-10-4-2-8-16(14)18/h1-4,6,8-10,12-13,22H,5,7,11H2,(H2,24,25,26,27)/b23-13+. The minimum Gasteiger partial charge on any atom is -0.361 e. The number of halogens is 1. The Morgan fingerprint density at radius 2 is 1.96 bits per heavy atom. The lowest BCUT2D eigenvalue weighted by Gasteiger charge is -2.06. The highest BCUT2D eigenvalue weighted by molar-refractivity contribution is 7.80. The first kappa shape index (κ1) is 19.1. The molecule has 0 aliphatic carbocycles. The summed E-state index contributed by atoms with van der Waals surface area (Å²) in [6.45, 7) is 0. The van der Waals surface area contributed by atoms with Crippen LogP contribution in [0, 0.1) is 0 Å². The van der Waals surface area contributed by atoms with E-state index in [2.05, 4.69) is 26.9 Å². The molecule has 3 N–H and O–H groups in total. The summed E-state index contributed by atoms with van der Waals surface area (Å²) in [6.07, 6.45) is 5.49. The van der Waals surface area contributed by atoms with Gasteiger partial charge < -0.3 is 10.3 Å². The van der Waals surface area contributed by atoms with Gasteiger partial charge in [-0.2, -0.15) is 5.10 Å². The molecule has 0 fully saturated rings. The number of aromatic nitrogens is 1. The summed E-state index contributed by atoms with van der Waals surface area (Å²) in [5, 5.41) is 8.57. The molecule has 1 heterocycles. The van der Waals surface area contributed by atoms with Crippen molar-refractivity contribution < 1.29 is 4.79 Å². The number of fused-ring (bicyclic) bond motifs is 1. The van der Waals surface area contributed by atoms with Crippen LogP contribution in [0.1, 0.15) is 24.0 Å². The second kappa shape index (κ2) is 9.30. The average Bonchev–Trinajstić information content (AvgIpc) is 3.06. The van der Waals surface area contributed by atoms with Crippen molar-refractivity contribution in [2.24, 2.45) is 5.10 Å². The zero-order chi connectivity index (χ0) is 19.1. The monoisotopic (exact) mass is 398 g/mol. The Hall–Kier alpha value is -2.70. The molecule has 2 aromatic carbocycles. The number of para-hydroxylation sites is 1. The Balaban J connectivity index is 1.41. The van der Waals surface area contributed by atoms with Gasteiger partial charge >= 0.3 is 0 Å². The van der Waals surface area contributed by atoms with Gasteiger partial charge in [0.1, 0.15) is 0 Å². The maximum absolute atomic E-state index is 12.0. The molecule has 3 aromatic rings. The Kier molecular flexibility index (Phi) is 6.57. The Morgan fingerprint density at radius 1 is 1.19 bits per heavy atom. The van der Waals surface area contributed by atoms with Crippen molar-refractivity contribution in [3.8, 4) is 0 Å². The zero-order valence-corrected chi connectivity index (χ0v) is 16.1. The van der Waals surface area contributed by atoms with Crippen LogP contribution >= 0.6 is 23.8 Å². The first-order valence-electron chi connectivity index (χ1n) is 8.56. The minimum atomic E-state index is -0.139. The number of aryl methyl sites for hydroxylation is 1. The fourth-order valence-electron chi connectivity index (χ4n) is 2.74. The molecule has 3 rings (SSSR count). The first-order valence-corrected chi connectivity index (χ1v) is 9.34. The second-order valence-corrected chi connectivity index (χ2v) is 6.80. The van der Waals surface area contributed by atoms with Gasteiger partial charge in [0.2, 0.25) is 5.91 Å². The van der Waals surface area contributed by atoms with Crippen molar-refractivity contribution in [2.45, 2.75) is 19.3 Å². The van der Waals surface area contributed by atoms with Gasteiger partial charge in [-0.25, -0.2) is 0 Å². The van der Waals surface area contributed by atoms with E-state index in [1.54, 1.807) is 12.3 Å². The molecule has 7 heteroatoms.